The smallest absolute Gasteiger partial charge is 0.330 e. The van der Waals surface area contributed by atoms with Gasteiger partial charge in [-0.15, -0.1) is 0 Å². The van der Waals surface area contributed by atoms with E-state index < -0.39 is 10.4 Å². The summed E-state index contributed by atoms with van der Waals surface area (Å²) in [5.74, 6) is 0.934. The fourth-order valence-electron chi connectivity index (χ4n) is 6.23. The summed E-state index contributed by atoms with van der Waals surface area (Å²) in [4.78, 5) is 24.6. The molecule has 0 radical (unpaired) electrons. The van der Waals surface area contributed by atoms with Crippen LogP contribution in [0.15, 0.2) is 60.7 Å². The first kappa shape index (κ1) is 55.3. The van der Waals surface area contributed by atoms with Gasteiger partial charge in [-0.05, 0) is 60.4 Å². The normalized spacial score (nSPS) is 11.7. The zero-order valence-corrected chi connectivity index (χ0v) is 39.1. The van der Waals surface area contributed by atoms with Gasteiger partial charge >= 0.3 is 11.9 Å². The summed E-state index contributed by atoms with van der Waals surface area (Å²) in [6.07, 6.45) is 32.6. The largest absolute Gasteiger partial charge is 0.726 e. The van der Waals surface area contributed by atoms with Crippen molar-refractivity contribution in [1.29, 1.82) is 0 Å². The number of likely N-dealkylation sites (N-methyl/N-ethyl adjacent to an activating group) is 1. The quantitative estimate of drug-likeness (QED) is 0.0164. The number of hydrogen-bond acceptors (Lipinski definition) is 10. The molecule has 0 aliphatic heterocycles. The lowest BCUT2D eigenvalue weighted by molar-refractivity contribution is -0.890. The minimum atomic E-state index is -4.41. The average Bonchev–Trinajstić information content (AvgIpc) is 3.24. The summed E-state index contributed by atoms with van der Waals surface area (Å²) in [6.45, 7) is 7.74. The van der Waals surface area contributed by atoms with Gasteiger partial charge in [0, 0.05) is 12.2 Å². The number of carbonyl (C=O) groups excluding carboxylic acids is 2. The van der Waals surface area contributed by atoms with Gasteiger partial charge in [0.15, 0.2) is 0 Å². The molecule has 0 bridgehead atoms. The van der Waals surface area contributed by atoms with Crippen molar-refractivity contribution in [3.8, 4) is 11.5 Å². The second-order valence-corrected chi connectivity index (χ2v) is 17.3. The van der Waals surface area contributed by atoms with Crippen LogP contribution in [0.1, 0.15) is 153 Å². The molecule has 0 aliphatic carbocycles. The number of benzene rings is 2. The molecule has 2 aromatic carbocycles. The zero-order chi connectivity index (χ0) is 44.9. The van der Waals surface area contributed by atoms with Crippen LogP contribution in [0.5, 0.6) is 11.5 Å². The van der Waals surface area contributed by atoms with Gasteiger partial charge in [0.2, 0.25) is 10.4 Å². The van der Waals surface area contributed by atoms with E-state index in [1.54, 1.807) is 12.2 Å². The molecule has 0 aromatic heterocycles. The summed E-state index contributed by atoms with van der Waals surface area (Å²) in [7, 11) is 0.439. The molecule has 12 heteroatoms. The zero-order valence-electron chi connectivity index (χ0n) is 38.3. The fraction of sp³-hybridized carbons (Fsp3) is 0.633. The number of nitrogens with zero attached hydrogens (tertiary/aromatic N) is 1. The molecule has 0 amide bonds. The highest BCUT2D eigenvalue weighted by Crippen LogP contribution is 2.17. The molecule has 2 rings (SSSR count). The molecule has 61 heavy (non-hydrogen) atoms. The number of esters is 2. The van der Waals surface area contributed by atoms with Crippen molar-refractivity contribution in [3.05, 3.63) is 71.8 Å². The maximum atomic E-state index is 12.3. The molecule has 0 unspecified atom stereocenters. The van der Waals surface area contributed by atoms with Gasteiger partial charge in [-0.1, -0.05) is 154 Å². The van der Waals surface area contributed by atoms with Crippen molar-refractivity contribution < 1.29 is 50.2 Å². The third-order valence-corrected chi connectivity index (χ3v) is 10.6. The highest BCUT2D eigenvalue weighted by atomic mass is 32.3. The van der Waals surface area contributed by atoms with Crippen LogP contribution in [0.2, 0.25) is 0 Å². The van der Waals surface area contributed by atoms with E-state index in [2.05, 4.69) is 18.0 Å². The number of quaternary nitrogens is 1. The van der Waals surface area contributed by atoms with Gasteiger partial charge in [0.1, 0.15) is 37.8 Å². The van der Waals surface area contributed by atoms with Crippen molar-refractivity contribution in [3.63, 3.8) is 0 Å². The maximum absolute atomic E-state index is 12.3. The van der Waals surface area contributed by atoms with Crippen LogP contribution in [0.4, 0.5) is 0 Å². The molecule has 0 spiro atoms. The van der Waals surface area contributed by atoms with Crippen molar-refractivity contribution in [2.45, 2.75) is 142 Å². The van der Waals surface area contributed by atoms with Crippen LogP contribution in [-0.2, 0) is 33.6 Å². The van der Waals surface area contributed by atoms with Crippen LogP contribution in [0.25, 0.3) is 12.2 Å². The first-order valence-corrected chi connectivity index (χ1v) is 24.2. The Bertz CT molecular complexity index is 1460. The molecule has 11 nitrogen and oxygen atoms in total. The molecule has 0 heterocycles. The Morgan fingerprint density at radius 2 is 0.820 bits per heavy atom. The average molecular weight is 874 g/mol. The monoisotopic (exact) mass is 874 g/mol. The second kappa shape index (κ2) is 35.8. The standard InChI is InChI=1S/C48H76NO6.CH4O4S/c1-5-7-9-11-13-15-17-19-21-23-39-52-45-31-25-43(26-32-45)29-35-47(50)54-41-37-49(3,4)38-42-55-48(51)36-30-44-27-33-46(34-28-44)53-40-24-22-20-18-16-14-12-10-8-6-2;1-5-6(2,3)4/h25-36H,5-24,37-42H2,1-4H3;1H3,(H,2,3,4)/q+1;/p-1/b35-29+,36-30+;. The molecule has 0 fully saturated rings. The molecular weight excluding hydrogens is 795 g/mol. The van der Waals surface area contributed by atoms with E-state index in [-0.39, 0.29) is 25.2 Å². The van der Waals surface area contributed by atoms with Crippen LogP contribution < -0.4 is 9.47 Å². The summed E-state index contributed by atoms with van der Waals surface area (Å²) >= 11 is 0. The number of carbonyl (C=O) groups is 2. The van der Waals surface area contributed by atoms with E-state index in [1.165, 1.54) is 128 Å². The minimum absolute atomic E-state index is 0.273. The Hall–Kier alpha value is -3.71. The molecule has 0 saturated carbocycles. The molecule has 2 aromatic rings. The highest BCUT2D eigenvalue weighted by molar-refractivity contribution is 7.80. The molecule has 0 aliphatic rings. The van der Waals surface area contributed by atoms with E-state index in [4.69, 9.17) is 18.9 Å². The summed E-state index contributed by atoms with van der Waals surface area (Å²) in [5.41, 5.74) is 1.83. The van der Waals surface area contributed by atoms with Crippen molar-refractivity contribution in [2.75, 3.05) is 60.7 Å². The van der Waals surface area contributed by atoms with E-state index in [9.17, 15) is 22.6 Å². The predicted molar refractivity (Wildman–Crippen MR) is 246 cm³/mol. The maximum Gasteiger partial charge on any atom is 0.330 e. The molecule has 0 atom stereocenters. The first-order chi connectivity index (χ1) is 29.4. The Labute approximate surface area is 369 Å². The van der Waals surface area contributed by atoms with Crippen LogP contribution in [0, 0.1) is 0 Å². The first-order valence-electron chi connectivity index (χ1n) is 22.9. The lowest BCUT2D eigenvalue weighted by Gasteiger charge is -2.28. The van der Waals surface area contributed by atoms with Gasteiger partial charge in [0.25, 0.3) is 0 Å². The third-order valence-electron chi connectivity index (χ3n) is 10.2. The predicted octanol–water partition coefficient (Wildman–Crippen LogP) is 11.3. The fourth-order valence-corrected chi connectivity index (χ4v) is 6.23. The second-order valence-electron chi connectivity index (χ2n) is 16.2. The Morgan fingerprint density at radius 3 is 1.11 bits per heavy atom. The lowest BCUT2D eigenvalue weighted by Crippen LogP contribution is -2.45. The van der Waals surface area contributed by atoms with Gasteiger partial charge in [-0.3, -0.25) is 4.18 Å². The van der Waals surface area contributed by atoms with Crippen LogP contribution in [-0.4, -0.2) is 90.1 Å². The molecule has 346 valence electrons. The topological polar surface area (TPSA) is 137 Å². The van der Waals surface area contributed by atoms with Gasteiger partial charge in [0.05, 0.1) is 34.4 Å². The van der Waals surface area contributed by atoms with Gasteiger partial charge in [-0.25, -0.2) is 18.0 Å². The highest BCUT2D eigenvalue weighted by Gasteiger charge is 2.16. The van der Waals surface area contributed by atoms with E-state index in [0.717, 1.165) is 55.8 Å². The SMILES string of the molecule is CCCCCCCCCCCCOc1ccc(/C=C/C(=O)OCC[N+](C)(C)CCOC(=O)/C=C/c2ccc(OCCCCCCCCCCCC)cc2)cc1.COS(=O)(=O)[O-]. The minimum Gasteiger partial charge on any atom is -0.726 e. The van der Waals surface area contributed by atoms with Crippen molar-refractivity contribution >= 4 is 34.5 Å². The Kier molecular flexibility index (Phi) is 32.5. The molecular formula is C49H79NO10S. The summed E-state index contributed by atoms with van der Waals surface area (Å²) < 4.78 is 54.2. The summed E-state index contributed by atoms with van der Waals surface area (Å²) in [6, 6.07) is 15.5. The van der Waals surface area contributed by atoms with Crippen molar-refractivity contribution in [2.24, 2.45) is 0 Å². The van der Waals surface area contributed by atoms with E-state index in [0.29, 0.717) is 17.6 Å². The number of unbranched alkanes of at least 4 members (excludes halogenated alkanes) is 18. The number of rotatable bonds is 35. The van der Waals surface area contributed by atoms with Gasteiger partial charge < -0.3 is 28.0 Å². The molecule has 0 N–H and O–H groups in total. The number of hydrogen-bond donors (Lipinski definition) is 0. The lowest BCUT2D eigenvalue weighted by atomic mass is 10.1. The summed E-state index contributed by atoms with van der Waals surface area (Å²) in [5, 5.41) is 0. The van der Waals surface area contributed by atoms with E-state index >= 15 is 0 Å². The number of ether oxygens (including phenoxy) is 4. The van der Waals surface area contributed by atoms with Gasteiger partial charge in [-0.2, -0.15) is 0 Å². The van der Waals surface area contributed by atoms with Crippen molar-refractivity contribution in [1.82, 2.24) is 0 Å². The third kappa shape index (κ3) is 34.6. The Balaban J connectivity index is 0.00000287. The van der Waals surface area contributed by atoms with Crippen LogP contribution >= 0.6 is 0 Å². The van der Waals surface area contributed by atoms with E-state index in [1.807, 2.05) is 62.6 Å². The molecule has 0 saturated heterocycles. The Morgan fingerprint density at radius 1 is 0.525 bits per heavy atom. The van der Waals surface area contributed by atoms with Crippen LogP contribution in [0.3, 0.4) is 0 Å².